The lowest BCUT2D eigenvalue weighted by atomic mass is 10.0. The fourth-order valence-corrected chi connectivity index (χ4v) is 2.68. The molecule has 1 heterocycles. The van der Waals surface area contributed by atoms with E-state index in [1.165, 1.54) is 0 Å². The summed E-state index contributed by atoms with van der Waals surface area (Å²) in [7, 11) is 0. The van der Waals surface area contributed by atoms with Crippen LogP contribution in [0.4, 0.5) is 0 Å². The van der Waals surface area contributed by atoms with Crippen LogP contribution >= 0.6 is 11.3 Å². The van der Waals surface area contributed by atoms with Crippen LogP contribution in [0.1, 0.15) is 22.8 Å². The first-order chi connectivity index (χ1) is 6.77. The van der Waals surface area contributed by atoms with E-state index in [-0.39, 0.29) is 5.75 Å². The maximum absolute atomic E-state index is 10.8. The predicted molar refractivity (Wildman–Crippen MR) is 58.3 cm³/mol. The number of fused-ring (bicyclic) bond motifs is 1. The highest BCUT2D eigenvalue weighted by Gasteiger charge is 2.10. The molecule has 0 unspecified atom stereocenters. The third-order valence-corrected chi connectivity index (χ3v) is 3.31. The van der Waals surface area contributed by atoms with E-state index >= 15 is 0 Å². The molecule has 1 aromatic carbocycles. The van der Waals surface area contributed by atoms with Gasteiger partial charge in [0.2, 0.25) is 0 Å². The van der Waals surface area contributed by atoms with Gasteiger partial charge in [-0.05, 0) is 23.9 Å². The van der Waals surface area contributed by atoms with Crippen molar-refractivity contribution >= 4 is 27.7 Å². The standard InChI is InChI=1S/C11H10O2S/c1-2-8-10(13)5-7(6-12)9-3-4-14-11(8)9/h3-6,13H,2H2,1H3. The molecule has 72 valence electrons. The number of rotatable bonds is 2. The summed E-state index contributed by atoms with van der Waals surface area (Å²) in [6.45, 7) is 1.99. The number of phenols is 1. The highest BCUT2D eigenvalue weighted by molar-refractivity contribution is 7.17. The second kappa shape index (κ2) is 3.42. The topological polar surface area (TPSA) is 37.3 Å². The van der Waals surface area contributed by atoms with Crippen LogP contribution in [0.3, 0.4) is 0 Å². The van der Waals surface area contributed by atoms with Crippen LogP contribution in [0.2, 0.25) is 0 Å². The summed E-state index contributed by atoms with van der Waals surface area (Å²) in [5, 5.41) is 12.6. The Labute approximate surface area is 85.8 Å². The number of hydrogen-bond acceptors (Lipinski definition) is 3. The minimum absolute atomic E-state index is 0.226. The molecule has 0 aliphatic carbocycles. The van der Waals surface area contributed by atoms with Crippen molar-refractivity contribution < 1.29 is 9.90 Å². The van der Waals surface area contributed by atoms with Crippen molar-refractivity contribution in [3.05, 3.63) is 28.6 Å². The number of phenolic OH excluding ortho intramolecular Hbond substituents is 1. The molecule has 0 spiro atoms. The van der Waals surface area contributed by atoms with Crippen molar-refractivity contribution in [1.29, 1.82) is 0 Å². The van der Waals surface area contributed by atoms with Gasteiger partial charge in [-0.25, -0.2) is 0 Å². The van der Waals surface area contributed by atoms with E-state index in [4.69, 9.17) is 0 Å². The Morgan fingerprint density at radius 3 is 3.00 bits per heavy atom. The molecule has 0 radical (unpaired) electrons. The van der Waals surface area contributed by atoms with Gasteiger partial charge in [-0.3, -0.25) is 4.79 Å². The van der Waals surface area contributed by atoms with Gasteiger partial charge in [-0.2, -0.15) is 0 Å². The van der Waals surface area contributed by atoms with E-state index in [1.54, 1.807) is 17.4 Å². The Morgan fingerprint density at radius 2 is 2.36 bits per heavy atom. The number of benzene rings is 1. The fourth-order valence-electron chi connectivity index (χ4n) is 1.64. The van der Waals surface area contributed by atoms with Gasteiger partial charge in [0.25, 0.3) is 0 Å². The number of aromatic hydroxyl groups is 1. The van der Waals surface area contributed by atoms with E-state index in [2.05, 4.69) is 0 Å². The van der Waals surface area contributed by atoms with Gasteiger partial charge in [0, 0.05) is 21.2 Å². The first kappa shape index (κ1) is 9.21. The number of carbonyl (C=O) groups is 1. The summed E-state index contributed by atoms with van der Waals surface area (Å²) in [6, 6.07) is 3.46. The molecule has 0 aliphatic rings. The number of carbonyl (C=O) groups excluding carboxylic acids is 1. The molecule has 0 saturated carbocycles. The Bertz CT molecular complexity index is 485. The molecular weight excluding hydrogens is 196 g/mol. The second-order valence-corrected chi connectivity index (χ2v) is 4.01. The molecule has 3 heteroatoms. The summed E-state index contributed by atoms with van der Waals surface area (Å²) in [5.41, 5.74) is 1.50. The maximum Gasteiger partial charge on any atom is 0.150 e. The molecule has 2 aromatic rings. The van der Waals surface area contributed by atoms with Crippen LogP contribution in [-0.2, 0) is 6.42 Å². The van der Waals surface area contributed by atoms with Crippen LogP contribution in [0.15, 0.2) is 17.5 Å². The minimum atomic E-state index is 0.226. The highest BCUT2D eigenvalue weighted by Crippen LogP contribution is 2.33. The van der Waals surface area contributed by atoms with Crippen molar-refractivity contribution in [2.45, 2.75) is 13.3 Å². The molecule has 14 heavy (non-hydrogen) atoms. The molecular formula is C11H10O2S. The molecule has 1 aromatic heterocycles. The van der Waals surface area contributed by atoms with E-state index in [1.807, 2.05) is 18.4 Å². The van der Waals surface area contributed by atoms with Crippen molar-refractivity contribution in [3.63, 3.8) is 0 Å². The first-order valence-electron chi connectivity index (χ1n) is 4.45. The summed E-state index contributed by atoms with van der Waals surface area (Å²) in [5.74, 6) is 0.226. The maximum atomic E-state index is 10.8. The SMILES string of the molecule is CCc1c(O)cc(C=O)c2ccsc12. The average Bonchev–Trinajstić information content (AvgIpc) is 2.65. The van der Waals surface area contributed by atoms with Gasteiger partial charge in [-0.1, -0.05) is 6.92 Å². The van der Waals surface area contributed by atoms with Gasteiger partial charge < -0.3 is 5.11 Å². The lowest BCUT2D eigenvalue weighted by Gasteiger charge is -2.04. The first-order valence-corrected chi connectivity index (χ1v) is 5.33. The summed E-state index contributed by atoms with van der Waals surface area (Å²) in [4.78, 5) is 10.8. The number of hydrogen-bond donors (Lipinski definition) is 1. The quantitative estimate of drug-likeness (QED) is 0.767. The fraction of sp³-hybridized carbons (Fsp3) is 0.182. The van der Waals surface area contributed by atoms with E-state index in [0.717, 1.165) is 28.4 Å². The highest BCUT2D eigenvalue weighted by atomic mass is 32.1. The molecule has 1 N–H and O–H groups in total. The zero-order valence-electron chi connectivity index (χ0n) is 7.78. The molecule has 0 amide bonds. The zero-order chi connectivity index (χ0) is 10.1. The van der Waals surface area contributed by atoms with Crippen molar-refractivity contribution in [2.24, 2.45) is 0 Å². The Balaban J connectivity index is 2.88. The van der Waals surface area contributed by atoms with Gasteiger partial charge in [0.1, 0.15) is 5.75 Å². The number of thiophene rings is 1. The van der Waals surface area contributed by atoms with Crippen LogP contribution in [-0.4, -0.2) is 11.4 Å². The summed E-state index contributed by atoms with van der Waals surface area (Å²) in [6.07, 6.45) is 1.57. The molecule has 0 fully saturated rings. The van der Waals surface area contributed by atoms with Gasteiger partial charge in [0.05, 0.1) is 0 Å². The van der Waals surface area contributed by atoms with Crippen LogP contribution in [0, 0.1) is 0 Å². The lowest BCUT2D eigenvalue weighted by molar-refractivity contribution is 0.112. The third-order valence-electron chi connectivity index (χ3n) is 2.33. The van der Waals surface area contributed by atoms with Gasteiger partial charge in [-0.15, -0.1) is 11.3 Å². The van der Waals surface area contributed by atoms with Gasteiger partial charge in [0.15, 0.2) is 6.29 Å². The van der Waals surface area contributed by atoms with Gasteiger partial charge >= 0.3 is 0 Å². The minimum Gasteiger partial charge on any atom is -0.508 e. The molecule has 0 atom stereocenters. The Morgan fingerprint density at radius 1 is 1.57 bits per heavy atom. The number of aldehydes is 1. The average molecular weight is 206 g/mol. The van der Waals surface area contributed by atoms with Crippen LogP contribution in [0.5, 0.6) is 5.75 Å². The predicted octanol–water partition coefficient (Wildman–Crippen LogP) is 2.98. The van der Waals surface area contributed by atoms with Crippen molar-refractivity contribution in [1.82, 2.24) is 0 Å². The smallest absolute Gasteiger partial charge is 0.150 e. The molecule has 0 aliphatic heterocycles. The molecule has 0 saturated heterocycles. The largest absolute Gasteiger partial charge is 0.508 e. The van der Waals surface area contributed by atoms with Crippen LogP contribution < -0.4 is 0 Å². The van der Waals surface area contributed by atoms with E-state index in [9.17, 15) is 9.90 Å². The summed E-state index contributed by atoms with van der Waals surface area (Å²) < 4.78 is 1.02. The summed E-state index contributed by atoms with van der Waals surface area (Å²) >= 11 is 1.56. The third kappa shape index (κ3) is 1.21. The Kier molecular flexibility index (Phi) is 2.25. The molecule has 2 rings (SSSR count). The normalized spacial score (nSPS) is 10.6. The monoisotopic (exact) mass is 206 g/mol. The van der Waals surface area contributed by atoms with E-state index in [0.29, 0.717) is 5.56 Å². The zero-order valence-corrected chi connectivity index (χ0v) is 8.60. The number of aryl methyl sites for hydroxylation is 1. The van der Waals surface area contributed by atoms with Crippen LogP contribution in [0.25, 0.3) is 10.1 Å². The van der Waals surface area contributed by atoms with E-state index < -0.39 is 0 Å². The lowest BCUT2D eigenvalue weighted by Crippen LogP contribution is -1.87. The second-order valence-electron chi connectivity index (χ2n) is 3.10. The van der Waals surface area contributed by atoms with Crippen molar-refractivity contribution in [2.75, 3.05) is 0 Å². The molecule has 2 nitrogen and oxygen atoms in total. The van der Waals surface area contributed by atoms with Crippen molar-refractivity contribution in [3.8, 4) is 5.75 Å². The molecule has 0 bridgehead atoms. The Hall–Kier alpha value is -1.35.